The molecule has 0 aromatic carbocycles. The molecular formula is C13H15ClN2O3S3. The Kier molecular flexibility index (Phi) is 5.99. The van der Waals surface area contributed by atoms with E-state index in [1.807, 2.05) is 17.5 Å². The van der Waals surface area contributed by atoms with Crippen LogP contribution < -0.4 is 5.32 Å². The normalized spacial score (nSPS) is 11.8. The summed E-state index contributed by atoms with van der Waals surface area (Å²) in [5.41, 5.74) is 0. The van der Waals surface area contributed by atoms with Crippen LogP contribution >= 0.6 is 34.3 Å². The number of sulfonamides is 1. The molecule has 2 rings (SSSR count). The Bertz CT molecular complexity index is 726. The molecule has 1 amide bonds. The lowest BCUT2D eigenvalue weighted by Crippen LogP contribution is -2.38. The van der Waals surface area contributed by atoms with Crippen LogP contribution in [-0.4, -0.2) is 38.8 Å². The fraction of sp³-hybridized carbons (Fsp3) is 0.308. The van der Waals surface area contributed by atoms with Crippen molar-refractivity contribution in [2.75, 3.05) is 20.1 Å². The lowest BCUT2D eigenvalue weighted by molar-refractivity contribution is -0.121. The number of halogens is 1. The van der Waals surface area contributed by atoms with Crippen LogP contribution in [0.4, 0.5) is 0 Å². The number of nitrogens with zero attached hydrogens (tertiary/aromatic N) is 1. The molecule has 0 aliphatic heterocycles. The molecule has 5 nitrogen and oxygen atoms in total. The van der Waals surface area contributed by atoms with Crippen molar-refractivity contribution in [1.29, 1.82) is 0 Å². The molecule has 0 aliphatic carbocycles. The minimum atomic E-state index is -3.67. The van der Waals surface area contributed by atoms with Crippen LogP contribution in [0.3, 0.4) is 0 Å². The average molecular weight is 379 g/mol. The van der Waals surface area contributed by atoms with Crippen LogP contribution in [0.25, 0.3) is 0 Å². The predicted molar refractivity (Wildman–Crippen MR) is 90.2 cm³/mol. The van der Waals surface area contributed by atoms with E-state index in [4.69, 9.17) is 11.6 Å². The minimum absolute atomic E-state index is 0.131. The molecule has 120 valence electrons. The van der Waals surface area contributed by atoms with Crippen molar-refractivity contribution in [1.82, 2.24) is 9.62 Å². The fourth-order valence-corrected chi connectivity index (χ4v) is 5.24. The number of amides is 1. The smallest absolute Gasteiger partial charge is 0.252 e. The quantitative estimate of drug-likeness (QED) is 0.804. The molecule has 22 heavy (non-hydrogen) atoms. The van der Waals surface area contributed by atoms with Gasteiger partial charge in [0.15, 0.2) is 0 Å². The third-order valence-electron chi connectivity index (χ3n) is 2.85. The number of hydrogen-bond donors (Lipinski definition) is 1. The number of nitrogens with one attached hydrogen (secondary N) is 1. The van der Waals surface area contributed by atoms with E-state index in [0.717, 1.165) is 22.1 Å². The van der Waals surface area contributed by atoms with E-state index in [1.165, 1.54) is 24.1 Å². The maximum Gasteiger partial charge on any atom is 0.252 e. The summed E-state index contributed by atoms with van der Waals surface area (Å²) in [6.45, 7) is 0.264. The van der Waals surface area contributed by atoms with Crippen LogP contribution in [0.15, 0.2) is 33.9 Å². The standard InChI is InChI=1S/C13H15ClN2O3S3/c1-16(22(18,19)13-5-4-11(14)21-13)9-12(17)15-7-6-10-3-2-8-20-10/h2-5,8H,6-7,9H2,1H3,(H,15,17). The summed E-state index contributed by atoms with van der Waals surface area (Å²) in [6.07, 6.45) is 0.737. The maximum atomic E-state index is 12.2. The van der Waals surface area contributed by atoms with Gasteiger partial charge in [-0.1, -0.05) is 17.7 Å². The van der Waals surface area contributed by atoms with Crippen LogP contribution in [0.2, 0.25) is 4.34 Å². The van der Waals surface area contributed by atoms with Gasteiger partial charge >= 0.3 is 0 Å². The number of thiophene rings is 2. The summed E-state index contributed by atoms with van der Waals surface area (Å²) in [4.78, 5) is 13.0. The Balaban J connectivity index is 1.85. The van der Waals surface area contributed by atoms with Gasteiger partial charge in [-0.25, -0.2) is 8.42 Å². The highest BCUT2D eigenvalue weighted by Crippen LogP contribution is 2.27. The lowest BCUT2D eigenvalue weighted by atomic mass is 10.3. The van der Waals surface area contributed by atoms with E-state index in [0.29, 0.717) is 10.9 Å². The number of likely N-dealkylation sites (N-methyl/N-ethyl adjacent to an activating group) is 1. The Morgan fingerprint density at radius 3 is 2.73 bits per heavy atom. The monoisotopic (exact) mass is 378 g/mol. The zero-order valence-electron chi connectivity index (χ0n) is 11.8. The fourth-order valence-electron chi connectivity index (χ4n) is 1.71. The van der Waals surface area contributed by atoms with Gasteiger partial charge in [0, 0.05) is 18.5 Å². The van der Waals surface area contributed by atoms with Crippen LogP contribution in [-0.2, 0) is 21.2 Å². The Hall–Kier alpha value is -0.930. The van der Waals surface area contributed by atoms with Gasteiger partial charge in [-0.05, 0) is 30.0 Å². The molecule has 0 unspecified atom stereocenters. The van der Waals surface area contributed by atoms with Gasteiger partial charge < -0.3 is 5.32 Å². The first kappa shape index (κ1) is 17.4. The second-order valence-electron chi connectivity index (χ2n) is 4.50. The summed E-state index contributed by atoms with van der Waals surface area (Å²) in [5, 5.41) is 4.70. The molecule has 1 N–H and O–H groups in total. The third-order valence-corrected chi connectivity index (χ3v) is 7.29. The summed E-state index contributed by atoms with van der Waals surface area (Å²) in [5.74, 6) is -0.328. The molecule has 0 saturated carbocycles. The van der Waals surface area contributed by atoms with Crippen molar-refractivity contribution < 1.29 is 13.2 Å². The molecule has 9 heteroatoms. The summed E-state index contributed by atoms with van der Waals surface area (Å²) in [6, 6.07) is 6.91. The van der Waals surface area contributed by atoms with Gasteiger partial charge in [0.05, 0.1) is 10.9 Å². The molecule has 2 heterocycles. The molecule has 2 aromatic rings. The van der Waals surface area contributed by atoms with E-state index < -0.39 is 10.0 Å². The lowest BCUT2D eigenvalue weighted by Gasteiger charge is -2.15. The second-order valence-corrected chi connectivity index (χ2v) is 9.52. The van der Waals surface area contributed by atoms with Gasteiger partial charge in [-0.15, -0.1) is 22.7 Å². The van der Waals surface area contributed by atoms with Crippen LogP contribution in [0.5, 0.6) is 0 Å². The van der Waals surface area contributed by atoms with Crippen molar-refractivity contribution in [3.05, 3.63) is 38.9 Å². The average Bonchev–Trinajstić information content (AvgIpc) is 3.10. The highest BCUT2D eigenvalue weighted by Gasteiger charge is 2.24. The van der Waals surface area contributed by atoms with Crippen LogP contribution in [0, 0.1) is 0 Å². The van der Waals surface area contributed by atoms with E-state index >= 15 is 0 Å². The van der Waals surface area contributed by atoms with Gasteiger partial charge in [0.25, 0.3) is 10.0 Å². The SMILES string of the molecule is CN(CC(=O)NCCc1cccs1)S(=O)(=O)c1ccc(Cl)s1. The van der Waals surface area contributed by atoms with Gasteiger partial charge in [0.1, 0.15) is 4.21 Å². The Morgan fingerprint density at radius 1 is 1.36 bits per heavy atom. The van der Waals surface area contributed by atoms with E-state index in [2.05, 4.69) is 5.32 Å². The number of rotatable bonds is 7. The second kappa shape index (κ2) is 7.56. The summed E-state index contributed by atoms with van der Waals surface area (Å²) in [7, 11) is -2.30. The topological polar surface area (TPSA) is 66.5 Å². The molecule has 0 bridgehead atoms. The molecular weight excluding hydrogens is 364 g/mol. The number of hydrogen-bond acceptors (Lipinski definition) is 5. The summed E-state index contributed by atoms with van der Waals surface area (Å²) >= 11 is 8.35. The molecule has 0 spiro atoms. The Labute approximate surface area is 142 Å². The third kappa shape index (κ3) is 4.53. The first-order valence-electron chi connectivity index (χ1n) is 6.40. The highest BCUT2D eigenvalue weighted by molar-refractivity contribution is 7.91. The van der Waals surface area contributed by atoms with Gasteiger partial charge in [-0.3, -0.25) is 4.79 Å². The molecule has 0 atom stereocenters. The zero-order chi connectivity index (χ0) is 16.2. The molecule has 0 aliphatic rings. The van der Waals surface area contributed by atoms with Gasteiger partial charge in [0.2, 0.25) is 5.91 Å². The first-order valence-corrected chi connectivity index (χ1v) is 9.92. The first-order chi connectivity index (χ1) is 10.4. The highest BCUT2D eigenvalue weighted by atomic mass is 35.5. The van der Waals surface area contributed by atoms with Gasteiger partial charge in [-0.2, -0.15) is 4.31 Å². The maximum absolute atomic E-state index is 12.2. The van der Waals surface area contributed by atoms with Crippen molar-refractivity contribution in [2.24, 2.45) is 0 Å². The van der Waals surface area contributed by atoms with Crippen molar-refractivity contribution in [2.45, 2.75) is 10.6 Å². The molecule has 0 saturated heterocycles. The van der Waals surface area contributed by atoms with Crippen LogP contribution in [0.1, 0.15) is 4.88 Å². The largest absolute Gasteiger partial charge is 0.355 e. The predicted octanol–water partition coefficient (Wildman–Crippen LogP) is 2.44. The van der Waals surface area contributed by atoms with E-state index in [1.54, 1.807) is 11.3 Å². The molecule has 0 radical (unpaired) electrons. The van der Waals surface area contributed by atoms with E-state index in [-0.39, 0.29) is 16.7 Å². The van der Waals surface area contributed by atoms with Crippen molar-refractivity contribution in [3.63, 3.8) is 0 Å². The van der Waals surface area contributed by atoms with Crippen molar-refractivity contribution in [3.8, 4) is 0 Å². The number of carbonyl (C=O) groups excluding carboxylic acids is 1. The molecule has 0 fully saturated rings. The number of carbonyl (C=O) groups is 1. The zero-order valence-corrected chi connectivity index (χ0v) is 15.0. The minimum Gasteiger partial charge on any atom is -0.355 e. The Morgan fingerprint density at radius 2 is 2.14 bits per heavy atom. The summed E-state index contributed by atoms with van der Waals surface area (Å²) < 4.78 is 26.0. The van der Waals surface area contributed by atoms with E-state index in [9.17, 15) is 13.2 Å². The van der Waals surface area contributed by atoms with Crippen molar-refractivity contribution >= 4 is 50.2 Å². The molecule has 2 aromatic heterocycles.